The summed E-state index contributed by atoms with van der Waals surface area (Å²) >= 11 is 0. The Morgan fingerprint density at radius 1 is 1.10 bits per heavy atom. The second-order valence-electron chi connectivity index (χ2n) is 11.8. The normalized spacial score (nSPS) is 23.6. The van der Waals surface area contributed by atoms with Crippen LogP contribution in [0.2, 0.25) is 0 Å². The van der Waals surface area contributed by atoms with Gasteiger partial charge in [0.25, 0.3) is 5.91 Å². The van der Waals surface area contributed by atoms with Crippen LogP contribution in [0.3, 0.4) is 0 Å². The van der Waals surface area contributed by atoms with E-state index < -0.39 is 5.91 Å². The molecule has 3 amide bonds. The van der Waals surface area contributed by atoms with Gasteiger partial charge in [0, 0.05) is 71.6 Å². The number of likely N-dealkylation sites (N-methyl/N-ethyl adjacent to an activating group) is 1. The third-order valence-electron chi connectivity index (χ3n) is 8.88. The van der Waals surface area contributed by atoms with Gasteiger partial charge in [-0.15, -0.1) is 10.2 Å². The highest BCUT2D eigenvalue weighted by Crippen LogP contribution is 2.28. The highest BCUT2D eigenvalue weighted by molar-refractivity contribution is 5.96. The van der Waals surface area contributed by atoms with Crippen LogP contribution in [0.15, 0.2) is 18.2 Å². The first kappa shape index (κ1) is 28.3. The molecule has 13 nitrogen and oxygen atoms in total. The summed E-state index contributed by atoms with van der Waals surface area (Å²) in [5, 5.41) is 14.7. The second-order valence-corrected chi connectivity index (χ2v) is 11.8. The van der Waals surface area contributed by atoms with E-state index in [0.717, 1.165) is 58.7 Å². The number of piperidine rings is 1. The standard InChI is InChI=1S/C28H40FN11O2/c1-36-9-14-40(28(36)42)21-3-2-8-39(18-21)27-33-26(24(25(30)41)34-35-27)32-20-4-5-23(22(29)15-20)38-12-10-37(11-13-38)17-19-6-7-31-16-19/h4-5,15,19,21,31H,2-3,6-14,16-18H2,1H3,(H2,30,41)(H,32,33,35). The number of nitrogens with two attached hydrogens (primary N) is 1. The fraction of sp³-hybridized carbons (Fsp3) is 0.607. The summed E-state index contributed by atoms with van der Waals surface area (Å²) in [6, 6.07) is 5.00. The Hall–Kier alpha value is -3.78. The van der Waals surface area contributed by atoms with Gasteiger partial charge in [0.15, 0.2) is 11.5 Å². The molecule has 226 valence electrons. The lowest BCUT2D eigenvalue weighted by atomic mass is 10.0. The minimum atomic E-state index is -0.783. The number of nitrogens with one attached hydrogen (secondary N) is 2. The van der Waals surface area contributed by atoms with Crippen LogP contribution in [0.25, 0.3) is 0 Å². The van der Waals surface area contributed by atoms with Gasteiger partial charge >= 0.3 is 6.03 Å². The van der Waals surface area contributed by atoms with Crippen molar-refractivity contribution in [3.8, 4) is 0 Å². The van der Waals surface area contributed by atoms with Crippen molar-refractivity contribution in [2.75, 3.05) is 94.2 Å². The molecule has 0 spiro atoms. The van der Waals surface area contributed by atoms with Crippen LogP contribution in [0, 0.1) is 11.7 Å². The number of anilines is 4. The van der Waals surface area contributed by atoms with Crippen LogP contribution >= 0.6 is 0 Å². The first-order valence-corrected chi connectivity index (χ1v) is 14.9. The van der Waals surface area contributed by atoms with E-state index >= 15 is 4.39 Å². The van der Waals surface area contributed by atoms with E-state index in [1.54, 1.807) is 17.0 Å². The summed E-state index contributed by atoms with van der Waals surface area (Å²) in [7, 11) is 1.81. The van der Waals surface area contributed by atoms with Crippen LogP contribution in [0.4, 0.5) is 32.3 Å². The van der Waals surface area contributed by atoms with Crippen molar-refractivity contribution in [3.63, 3.8) is 0 Å². The average Bonchev–Trinajstić information content (AvgIpc) is 3.63. The van der Waals surface area contributed by atoms with E-state index in [2.05, 4.69) is 35.6 Å². The quantitative estimate of drug-likeness (QED) is 0.413. The number of aromatic nitrogens is 3. The molecule has 0 aliphatic carbocycles. The van der Waals surface area contributed by atoms with E-state index in [1.165, 1.54) is 12.5 Å². The second kappa shape index (κ2) is 12.2. The number of carbonyl (C=O) groups excluding carboxylic acids is 2. The highest BCUT2D eigenvalue weighted by Gasteiger charge is 2.35. The minimum Gasteiger partial charge on any atom is -0.367 e. The predicted molar refractivity (Wildman–Crippen MR) is 158 cm³/mol. The third kappa shape index (κ3) is 6.04. The highest BCUT2D eigenvalue weighted by atomic mass is 19.1. The van der Waals surface area contributed by atoms with E-state index in [0.29, 0.717) is 49.4 Å². The summed E-state index contributed by atoms with van der Waals surface area (Å²) in [6.45, 7) is 9.28. The number of piperazine rings is 1. The van der Waals surface area contributed by atoms with Gasteiger partial charge in [0.05, 0.1) is 11.7 Å². The summed E-state index contributed by atoms with van der Waals surface area (Å²) in [5.41, 5.74) is 6.44. The largest absolute Gasteiger partial charge is 0.367 e. The first-order valence-electron chi connectivity index (χ1n) is 14.9. The molecule has 4 aliphatic rings. The molecule has 0 saturated carbocycles. The monoisotopic (exact) mass is 581 g/mol. The van der Waals surface area contributed by atoms with Gasteiger partial charge in [-0.25, -0.2) is 9.18 Å². The van der Waals surface area contributed by atoms with Crippen molar-refractivity contribution < 1.29 is 14.0 Å². The maximum absolute atomic E-state index is 15.4. The fourth-order valence-corrected chi connectivity index (χ4v) is 6.49. The SMILES string of the molecule is CN1CCN(C2CCCN(c3nnc(C(N)=O)c(Nc4ccc(N5CCN(CC6CCNC6)CC5)c(F)c4)n3)C2)C1=O. The molecule has 1 aromatic carbocycles. The number of amides is 3. The molecule has 6 rings (SSSR count). The molecule has 2 unspecified atom stereocenters. The molecule has 4 aliphatic heterocycles. The Bertz CT molecular complexity index is 1300. The van der Waals surface area contributed by atoms with Gasteiger partial charge in [-0.1, -0.05) is 0 Å². The molecule has 4 N–H and O–H groups in total. The zero-order valence-electron chi connectivity index (χ0n) is 24.1. The molecule has 0 bridgehead atoms. The number of rotatable bonds is 8. The van der Waals surface area contributed by atoms with E-state index in [4.69, 9.17) is 5.73 Å². The molecule has 0 radical (unpaired) electrons. The maximum Gasteiger partial charge on any atom is 0.320 e. The maximum atomic E-state index is 15.4. The molecule has 4 fully saturated rings. The van der Waals surface area contributed by atoms with Crippen molar-refractivity contribution in [2.24, 2.45) is 11.7 Å². The van der Waals surface area contributed by atoms with E-state index in [1.807, 2.05) is 16.8 Å². The molecule has 42 heavy (non-hydrogen) atoms. The van der Waals surface area contributed by atoms with Crippen LogP contribution < -0.4 is 26.2 Å². The molecule has 1 aromatic heterocycles. The van der Waals surface area contributed by atoms with Crippen LogP contribution in [0.1, 0.15) is 29.8 Å². The summed E-state index contributed by atoms with van der Waals surface area (Å²) < 4.78 is 15.4. The molecule has 2 aromatic rings. The molecular weight excluding hydrogens is 541 g/mol. The van der Waals surface area contributed by atoms with Gasteiger partial charge in [-0.05, 0) is 56.5 Å². The van der Waals surface area contributed by atoms with Crippen molar-refractivity contribution in [2.45, 2.75) is 25.3 Å². The average molecular weight is 582 g/mol. The van der Waals surface area contributed by atoms with Crippen molar-refractivity contribution in [3.05, 3.63) is 29.7 Å². The minimum absolute atomic E-state index is 0.0290. The van der Waals surface area contributed by atoms with Crippen molar-refractivity contribution >= 4 is 35.1 Å². The van der Waals surface area contributed by atoms with E-state index in [-0.39, 0.29) is 29.4 Å². The lowest BCUT2D eigenvalue weighted by Gasteiger charge is -2.37. The summed E-state index contributed by atoms with van der Waals surface area (Å²) in [4.78, 5) is 39.4. The van der Waals surface area contributed by atoms with Crippen LogP contribution in [-0.2, 0) is 0 Å². The molecular formula is C28H40FN11O2. The molecule has 4 saturated heterocycles. The number of hydrogen-bond donors (Lipinski definition) is 3. The predicted octanol–water partition coefficient (Wildman–Crippen LogP) is 0.921. The van der Waals surface area contributed by atoms with Gasteiger partial charge in [0.1, 0.15) is 5.82 Å². The number of hydrogen-bond acceptors (Lipinski definition) is 10. The van der Waals surface area contributed by atoms with Gasteiger partial charge in [0.2, 0.25) is 5.95 Å². The molecule has 5 heterocycles. The lowest BCUT2D eigenvalue weighted by molar-refractivity contribution is 0.0995. The summed E-state index contributed by atoms with van der Waals surface area (Å²) in [5.74, 6) is 0.0164. The smallest absolute Gasteiger partial charge is 0.320 e. The van der Waals surface area contributed by atoms with Crippen molar-refractivity contribution in [1.29, 1.82) is 0 Å². The van der Waals surface area contributed by atoms with Gasteiger partial charge < -0.3 is 36.0 Å². The first-order chi connectivity index (χ1) is 20.4. The Morgan fingerprint density at radius 2 is 1.93 bits per heavy atom. The fourth-order valence-electron chi connectivity index (χ4n) is 6.49. The Labute approximate surface area is 245 Å². The van der Waals surface area contributed by atoms with Crippen LogP contribution in [0.5, 0.6) is 0 Å². The number of primary amides is 1. The zero-order valence-corrected chi connectivity index (χ0v) is 24.1. The molecule has 2 atom stereocenters. The van der Waals surface area contributed by atoms with E-state index in [9.17, 15) is 9.59 Å². The Morgan fingerprint density at radius 3 is 2.62 bits per heavy atom. The third-order valence-corrected chi connectivity index (χ3v) is 8.88. The zero-order chi connectivity index (χ0) is 29.2. The van der Waals surface area contributed by atoms with Crippen LogP contribution in [-0.4, -0.2) is 127 Å². The lowest BCUT2D eigenvalue weighted by Crippen LogP contribution is -2.49. The number of nitrogens with zero attached hydrogens (tertiary/aromatic N) is 8. The Balaban J connectivity index is 1.13. The summed E-state index contributed by atoms with van der Waals surface area (Å²) in [6.07, 6.45) is 2.98. The number of carbonyl (C=O) groups is 2. The number of halogens is 1. The van der Waals surface area contributed by atoms with Gasteiger partial charge in [-0.3, -0.25) is 9.69 Å². The molecule has 14 heteroatoms. The van der Waals surface area contributed by atoms with Gasteiger partial charge in [-0.2, -0.15) is 4.98 Å². The number of urea groups is 1. The number of benzene rings is 1. The topological polar surface area (TPSA) is 139 Å². The van der Waals surface area contributed by atoms with Crippen molar-refractivity contribution in [1.82, 2.24) is 35.2 Å². The Kier molecular flexibility index (Phi) is 8.24.